The minimum absolute atomic E-state index is 0.353. The van der Waals surface area contributed by atoms with Gasteiger partial charge in [0.15, 0.2) is 0 Å². The molecule has 1 aliphatic heterocycles. The molecule has 0 aromatic rings. The molecule has 0 aromatic heterocycles. The summed E-state index contributed by atoms with van der Waals surface area (Å²) >= 11 is 0. The van der Waals surface area contributed by atoms with E-state index in [4.69, 9.17) is 0 Å². The van der Waals surface area contributed by atoms with Crippen molar-refractivity contribution < 1.29 is 0 Å². The van der Waals surface area contributed by atoms with Gasteiger partial charge in [0.05, 0.1) is 0 Å². The lowest BCUT2D eigenvalue weighted by Gasteiger charge is -2.52. The zero-order valence-corrected chi connectivity index (χ0v) is 15.3. The first-order valence-corrected chi connectivity index (χ1v) is 9.19. The fourth-order valence-corrected chi connectivity index (χ4v) is 4.15. The second kappa shape index (κ2) is 6.58. The molecule has 1 saturated carbocycles. The Labute approximate surface area is 133 Å². The van der Waals surface area contributed by atoms with Crippen LogP contribution in [-0.2, 0) is 0 Å². The van der Waals surface area contributed by atoms with Crippen molar-refractivity contribution in [2.75, 3.05) is 13.1 Å². The molecule has 2 fully saturated rings. The molecule has 1 N–H and O–H groups in total. The van der Waals surface area contributed by atoms with Gasteiger partial charge in [-0.2, -0.15) is 0 Å². The van der Waals surface area contributed by atoms with Gasteiger partial charge in [0, 0.05) is 31.2 Å². The Bertz CT molecular complexity index is 315. The highest BCUT2D eigenvalue weighted by atomic mass is 15.3. The van der Waals surface area contributed by atoms with Crippen molar-refractivity contribution >= 4 is 0 Å². The minimum atomic E-state index is 0.353. The summed E-state index contributed by atoms with van der Waals surface area (Å²) < 4.78 is 0. The van der Waals surface area contributed by atoms with E-state index in [0.717, 1.165) is 12.6 Å². The van der Waals surface area contributed by atoms with E-state index in [1.54, 1.807) is 0 Å². The van der Waals surface area contributed by atoms with E-state index in [1.165, 1.54) is 45.1 Å². The summed E-state index contributed by atoms with van der Waals surface area (Å²) in [5.74, 6) is 0. The van der Waals surface area contributed by atoms with Crippen molar-refractivity contribution in [2.45, 2.75) is 98.2 Å². The number of rotatable bonds is 1. The van der Waals surface area contributed by atoms with Crippen LogP contribution in [0.4, 0.5) is 0 Å². The zero-order chi connectivity index (χ0) is 15.7. The van der Waals surface area contributed by atoms with Gasteiger partial charge in [0.25, 0.3) is 0 Å². The Morgan fingerprint density at radius 3 is 1.86 bits per heavy atom. The summed E-state index contributed by atoms with van der Waals surface area (Å²) in [6.07, 6.45) is 8.61. The number of nitrogens with one attached hydrogen (secondary N) is 1. The first-order valence-electron chi connectivity index (χ1n) is 9.19. The van der Waals surface area contributed by atoms with Crippen molar-refractivity contribution in [1.29, 1.82) is 0 Å². The lowest BCUT2D eigenvalue weighted by Crippen LogP contribution is -2.65. The van der Waals surface area contributed by atoms with Crippen LogP contribution < -0.4 is 5.32 Å². The van der Waals surface area contributed by atoms with Gasteiger partial charge in [-0.3, -0.25) is 4.90 Å². The van der Waals surface area contributed by atoms with E-state index < -0.39 is 0 Å². The van der Waals surface area contributed by atoms with Crippen LogP contribution in [0.2, 0.25) is 0 Å². The molecule has 0 amide bonds. The van der Waals surface area contributed by atoms with Crippen LogP contribution in [0.15, 0.2) is 0 Å². The van der Waals surface area contributed by atoms with Crippen molar-refractivity contribution in [2.24, 2.45) is 10.8 Å². The SMILES string of the molecule is CC(C)(C)C1CN(C2CCCCCC2)C(C(C)(C)C)CN1. The molecule has 2 nitrogen and oxygen atoms in total. The first kappa shape index (κ1) is 17.3. The van der Waals surface area contributed by atoms with Gasteiger partial charge >= 0.3 is 0 Å². The fourth-order valence-electron chi connectivity index (χ4n) is 4.15. The van der Waals surface area contributed by atoms with E-state index in [-0.39, 0.29) is 0 Å². The highest BCUT2D eigenvalue weighted by molar-refractivity contribution is 4.98. The van der Waals surface area contributed by atoms with Crippen LogP contribution in [0.3, 0.4) is 0 Å². The third-order valence-electron chi connectivity index (χ3n) is 5.69. The number of nitrogens with zero attached hydrogens (tertiary/aromatic N) is 1. The molecular weight excluding hydrogens is 256 g/mol. The molecule has 0 spiro atoms. The molecule has 2 rings (SSSR count). The van der Waals surface area contributed by atoms with Crippen LogP contribution >= 0.6 is 0 Å². The van der Waals surface area contributed by atoms with E-state index in [2.05, 4.69) is 51.8 Å². The van der Waals surface area contributed by atoms with Gasteiger partial charge in [-0.1, -0.05) is 67.2 Å². The Balaban J connectivity index is 2.15. The molecule has 1 aliphatic carbocycles. The molecular formula is C19H38N2. The molecule has 1 heterocycles. The zero-order valence-electron chi connectivity index (χ0n) is 15.3. The van der Waals surface area contributed by atoms with Crippen molar-refractivity contribution in [1.82, 2.24) is 10.2 Å². The summed E-state index contributed by atoms with van der Waals surface area (Å²) in [5.41, 5.74) is 0.716. The van der Waals surface area contributed by atoms with Crippen LogP contribution in [-0.4, -0.2) is 36.1 Å². The van der Waals surface area contributed by atoms with E-state index in [1.807, 2.05) is 0 Å². The van der Waals surface area contributed by atoms with Crippen LogP contribution in [0.1, 0.15) is 80.1 Å². The second-order valence-corrected chi connectivity index (χ2v) is 9.55. The van der Waals surface area contributed by atoms with E-state index in [9.17, 15) is 0 Å². The maximum Gasteiger partial charge on any atom is 0.0272 e. The summed E-state index contributed by atoms with van der Waals surface area (Å²) in [6.45, 7) is 16.8. The average molecular weight is 295 g/mol. The molecule has 0 aromatic carbocycles. The van der Waals surface area contributed by atoms with Gasteiger partial charge in [-0.05, 0) is 23.7 Å². The summed E-state index contributed by atoms with van der Waals surface area (Å²) in [4.78, 5) is 2.90. The number of hydrogen-bond acceptors (Lipinski definition) is 2. The minimum Gasteiger partial charge on any atom is -0.311 e. The van der Waals surface area contributed by atoms with Crippen LogP contribution in [0.25, 0.3) is 0 Å². The lowest BCUT2D eigenvalue weighted by molar-refractivity contribution is -0.00425. The monoisotopic (exact) mass is 294 g/mol. The van der Waals surface area contributed by atoms with E-state index in [0.29, 0.717) is 22.9 Å². The fraction of sp³-hybridized carbons (Fsp3) is 1.00. The molecule has 0 bridgehead atoms. The van der Waals surface area contributed by atoms with Gasteiger partial charge < -0.3 is 5.32 Å². The van der Waals surface area contributed by atoms with E-state index >= 15 is 0 Å². The topological polar surface area (TPSA) is 15.3 Å². The quantitative estimate of drug-likeness (QED) is 0.719. The Hall–Kier alpha value is -0.0800. The summed E-state index contributed by atoms with van der Waals surface area (Å²) in [6, 6.07) is 2.13. The van der Waals surface area contributed by atoms with Gasteiger partial charge in [-0.15, -0.1) is 0 Å². The predicted molar refractivity (Wildman–Crippen MR) is 92.7 cm³/mol. The number of hydrogen-bond donors (Lipinski definition) is 1. The highest BCUT2D eigenvalue weighted by Crippen LogP contribution is 2.34. The second-order valence-electron chi connectivity index (χ2n) is 9.55. The van der Waals surface area contributed by atoms with Crippen molar-refractivity contribution in [3.63, 3.8) is 0 Å². The molecule has 2 atom stereocenters. The summed E-state index contributed by atoms with van der Waals surface area (Å²) in [5, 5.41) is 3.86. The summed E-state index contributed by atoms with van der Waals surface area (Å²) in [7, 11) is 0. The van der Waals surface area contributed by atoms with Gasteiger partial charge in [0.2, 0.25) is 0 Å². The molecule has 2 aliphatic rings. The highest BCUT2D eigenvalue weighted by Gasteiger charge is 2.41. The number of piperazine rings is 1. The molecule has 21 heavy (non-hydrogen) atoms. The van der Waals surface area contributed by atoms with Crippen molar-refractivity contribution in [3.8, 4) is 0 Å². The Kier molecular flexibility index (Phi) is 5.41. The molecule has 2 heteroatoms. The molecule has 0 radical (unpaired) electrons. The maximum absolute atomic E-state index is 3.86. The molecule has 2 unspecified atom stereocenters. The Morgan fingerprint density at radius 1 is 0.810 bits per heavy atom. The Morgan fingerprint density at radius 2 is 1.38 bits per heavy atom. The largest absolute Gasteiger partial charge is 0.311 e. The smallest absolute Gasteiger partial charge is 0.0272 e. The average Bonchev–Trinajstić information content (AvgIpc) is 2.64. The molecule has 1 saturated heterocycles. The maximum atomic E-state index is 3.86. The third kappa shape index (κ3) is 4.45. The normalized spacial score (nSPS) is 31.1. The first-order chi connectivity index (χ1) is 9.69. The van der Waals surface area contributed by atoms with Crippen molar-refractivity contribution in [3.05, 3.63) is 0 Å². The van der Waals surface area contributed by atoms with Gasteiger partial charge in [0.1, 0.15) is 0 Å². The van der Waals surface area contributed by atoms with Crippen LogP contribution in [0, 0.1) is 10.8 Å². The van der Waals surface area contributed by atoms with Crippen LogP contribution in [0.5, 0.6) is 0 Å². The molecule has 124 valence electrons. The van der Waals surface area contributed by atoms with Gasteiger partial charge in [-0.25, -0.2) is 0 Å². The third-order valence-corrected chi connectivity index (χ3v) is 5.69. The lowest BCUT2D eigenvalue weighted by atomic mass is 9.78. The standard InChI is InChI=1S/C19H38N2/c1-18(2,3)16-14-21(15-11-9-7-8-10-12-15)17(13-20-16)19(4,5)6/h15-17,20H,7-14H2,1-6H3. The predicted octanol–water partition coefficient (Wildman–Crippen LogP) is 4.44.